The van der Waals surface area contributed by atoms with Crippen molar-refractivity contribution in [1.29, 1.82) is 0 Å². The normalized spacial score (nSPS) is 16.2. The van der Waals surface area contributed by atoms with Crippen molar-refractivity contribution in [2.24, 2.45) is 0 Å². The third-order valence-corrected chi connectivity index (χ3v) is 4.45. The third-order valence-electron chi connectivity index (χ3n) is 3.37. The highest BCUT2D eigenvalue weighted by Gasteiger charge is 2.37. The first-order valence-corrected chi connectivity index (χ1v) is 8.95. The van der Waals surface area contributed by atoms with E-state index in [2.05, 4.69) is 5.32 Å². The maximum Gasteiger partial charge on any atom is 0.322 e. The topological polar surface area (TPSA) is 66.5 Å². The lowest BCUT2D eigenvalue weighted by atomic mass is 10.3. The summed E-state index contributed by atoms with van der Waals surface area (Å²) in [5.74, 6) is -1.78. The predicted molar refractivity (Wildman–Crippen MR) is 79.4 cm³/mol. The molecule has 5 nitrogen and oxygen atoms in total. The number of carbonyl (C=O) groups is 1. The summed E-state index contributed by atoms with van der Waals surface area (Å²) >= 11 is 0. The number of nitrogens with one attached hydrogen (secondary N) is 1. The Hall–Kier alpha value is -1.70. The standard InChI is InChI=1S/C14H18F2N2O3S/c1-9(8-22(2,20)21)18(11-4-5-11)14(19)17-13-6-3-10(15)7-12(13)16/h3,6-7,9,11H,4-5,8H2,1-2H3,(H,17,19)/t9-/m0/s1. The number of benzene rings is 1. The van der Waals surface area contributed by atoms with E-state index in [-0.39, 0.29) is 17.5 Å². The quantitative estimate of drug-likeness (QED) is 0.900. The molecule has 0 aliphatic heterocycles. The zero-order chi connectivity index (χ0) is 16.5. The molecule has 0 radical (unpaired) electrons. The molecule has 1 atom stereocenters. The summed E-state index contributed by atoms with van der Waals surface area (Å²) in [5, 5.41) is 2.38. The molecule has 1 aliphatic rings. The maximum atomic E-state index is 13.6. The lowest BCUT2D eigenvalue weighted by Crippen LogP contribution is -2.46. The van der Waals surface area contributed by atoms with E-state index in [1.54, 1.807) is 6.92 Å². The van der Waals surface area contributed by atoms with Gasteiger partial charge in [0.25, 0.3) is 0 Å². The molecule has 1 aliphatic carbocycles. The zero-order valence-corrected chi connectivity index (χ0v) is 13.2. The Morgan fingerprint density at radius 2 is 2.05 bits per heavy atom. The number of halogens is 2. The van der Waals surface area contributed by atoms with E-state index >= 15 is 0 Å². The summed E-state index contributed by atoms with van der Waals surface area (Å²) in [7, 11) is -3.24. The number of carbonyl (C=O) groups excluding carboxylic acids is 1. The molecule has 1 fully saturated rings. The minimum absolute atomic E-state index is 0.0414. The highest BCUT2D eigenvalue weighted by atomic mass is 32.2. The van der Waals surface area contributed by atoms with Crippen molar-refractivity contribution < 1.29 is 22.0 Å². The number of nitrogens with zero attached hydrogens (tertiary/aromatic N) is 1. The number of anilines is 1. The molecule has 0 heterocycles. The van der Waals surface area contributed by atoms with E-state index in [4.69, 9.17) is 0 Å². The van der Waals surface area contributed by atoms with Crippen LogP contribution in [0.4, 0.5) is 19.3 Å². The van der Waals surface area contributed by atoms with Crippen LogP contribution < -0.4 is 5.32 Å². The van der Waals surface area contributed by atoms with Gasteiger partial charge in [-0.3, -0.25) is 0 Å². The van der Waals surface area contributed by atoms with Gasteiger partial charge in [0.2, 0.25) is 0 Å². The molecular formula is C14H18F2N2O3S. The van der Waals surface area contributed by atoms with Gasteiger partial charge in [0, 0.05) is 24.4 Å². The average Bonchev–Trinajstić information content (AvgIpc) is 3.15. The number of urea groups is 1. The zero-order valence-electron chi connectivity index (χ0n) is 12.3. The van der Waals surface area contributed by atoms with Crippen LogP contribution in [-0.2, 0) is 9.84 Å². The summed E-state index contributed by atoms with van der Waals surface area (Å²) in [6.45, 7) is 1.64. The molecule has 22 heavy (non-hydrogen) atoms. The highest BCUT2D eigenvalue weighted by Crippen LogP contribution is 2.30. The Kier molecular flexibility index (Phi) is 4.69. The molecule has 0 aromatic heterocycles. The van der Waals surface area contributed by atoms with Crippen LogP contribution in [0.2, 0.25) is 0 Å². The van der Waals surface area contributed by atoms with Crippen LogP contribution in [0.15, 0.2) is 18.2 Å². The molecule has 0 spiro atoms. The van der Waals surface area contributed by atoms with Crippen LogP contribution in [0.3, 0.4) is 0 Å². The van der Waals surface area contributed by atoms with Gasteiger partial charge in [-0.2, -0.15) is 0 Å². The van der Waals surface area contributed by atoms with Crippen molar-refractivity contribution in [3.8, 4) is 0 Å². The van der Waals surface area contributed by atoms with Gasteiger partial charge in [0.05, 0.1) is 11.4 Å². The maximum absolute atomic E-state index is 13.6. The van der Waals surface area contributed by atoms with Gasteiger partial charge in [-0.25, -0.2) is 22.0 Å². The highest BCUT2D eigenvalue weighted by molar-refractivity contribution is 7.90. The van der Waals surface area contributed by atoms with Gasteiger partial charge in [0.1, 0.15) is 21.5 Å². The van der Waals surface area contributed by atoms with Crippen LogP contribution in [0, 0.1) is 11.6 Å². The minimum atomic E-state index is -3.24. The number of hydrogen-bond donors (Lipinski definition) is 1. The first kappa shape index (κ1) is 16.7. The van der Waals surface area contributed by atoms with E-state index in [0.717, 1.165) is 31.2 Å². The molecular weight excluding hydrogens is 314 g/mol. The molecule has 0 saturated heterocycles. The first-order chi connectivity index (χ1) is 10.2. The Labute approximate surface area is 128 Å². The van der Waals surface area contributed by atoms with Crippen LogP contribution >= 0.6 is 0 Å². The Morgan fingerprint density at radius 3 is 2.55 bits per heavy atom. The molecule has 2 amide bonds. The van der Waals surface area contributed by atoms with Gasteiger partial charge in [-0.05, 0) is 31.9 Å². The monoisotopic (exact) mass is 332 g/mol. The fourth-order valence-corrected chi connectivity index (χ4v) is 3.40. The van der Waals surface area contributed by atoms with Gasteiger partial charge in [0.15, 0.2) is 0 Å². The summed E-state index contributed by atoms with van der Waals surface area (Å²) < 4.78 is 49.3. The van der Waals surface area contributed by atoms with Crippen molar-refractivity contribution in [2.45, 2.75) is 31.8 Å². The predicted octanol–water partition coefficient (Wildman–Crippen LogP) is 2.39. The van der Waals surface area contributed by atoms with Crippen molar-refractivity contribution in [2.75, 3.05) is 17.3 Å². The Balaban J connectivity index is 2.13. The molecule has 2 rings (SSSR count). The van der Waals surface area contributed by atoms with E-state index in [0.29, 0.717) is 6.07 Å². The molecule has 1 saturated carbocycles. The van der Waals surface area contributed by atoms with Crippen molar-refractivity contribution >= 4 is 21.6 Å². The largest absolute Gasteiger partial charge is 0.322 e. The van der Waals surface area contributed by atoms with Crippen molar-refractivity contribution in [3.63, 3.8) is 0 Å². The fourth-order valence-electron chi connectivity index (χ4n) is 2.37. The van der Waals surface area contributed by atoms with Gasteiger partial charge >= 0.3 is 6.03 Å². The lowest BCUT2D eigenvalue weighted by molar-refractivity contribution is 0.194. The molecule has 1 N–H and O–H groups in total. The van der Waals surface area contributed by atoms with E-state index in [9.17, 15) is 22.0 Å². The summed E-state index contributed by atoms with van der Waals surface area (Å²) in [6.07, 6.45) is 2.67. The molecule has 8 heteroatoms. The van der Waals surface area contributed by atoms with Gasteiger partial charge in [-0.1, -0.05) is 0 Å². The summed E-state index contributed by atoms with van der Waals surface area (Å²) in [5.41, 5.74) is -0.136. The van der Waals surface area contributed by atoms with E-state index < -0.39 is 33.5 Å². The van der Waals surface area contributed by atoms with Gasteiger partial charge in [-0.15, -0.1) is 0 Å². The summed E-state index contributed by atoms with van der Waals surface area (Å²) in [6, 6.07) is 1.71. The fraction of sp³-hybridized carbons (Fsp3) is 0.500. The summed E-state index contributed by atoms with van der Waals surface area (Å²) in [4.78, 5) is 13.7. The Bertz CT molecular complexity index is 675. The first-order valence-electron chi connectivity index (χ1n) is 6.89. The van der Waals surface area contributed by atoms with E-state index in [1.165, 1.54) is 4.90 Å². The number of amides is 2. The average molecular weight is 332 g/mol. The molecule has 0 unspecified atom stereocenters. The minimum Gasteiger partial charge on any atom is -0.318 e. The van der Waals surface area contributed by atoms with E-state index in [1.807, 2.05) is 0 Å². The van der Waals surface area contributed by atoms with Crippen LogP contribution in [0.5, 0.6) is 0 Å². The number of hydrogen-bond acceptors (Lipinski definition) is 3. The SMILES string of the molecule is C[C@@H](CS(C)(=O)=O)N(C(=O)Nc1ccc(F)cc1F)C1CC1. The Morgan fingerprint density at radius 1 is 1.41 bits per heavy atom. The smallest absolute Gasteiger partial charge is 0.318 e. The molecule has 122 valence electrons. The number of rotatable bonds is 5. The number of sulfone groups is 1. The van der Waals surface area contributed by atoms with Gasteiger partial charge < -0.3 is 10.2 Å². The van der Waals surface area contributed by atoms with Crippen LogP contribution in [0.1, 0.15) is 19.8 Å². The second-order valence-electron chi connectivity index (χ2n) is 5.63. The van der Waals surface area contributed by atoms with Crippen LogP contribution in [-0.4, -0.2) is 43.4 Å². The molecule has 1 aromatic rings. The second-order valence-corrected chi connectivity index (χ2v) is 7.82. The second kappa shape index (κ2) is 6.20. The third kappa shape index (κ3) is 4.40. The van der Waals surface area contributed by atoms with Crippen LogP contribution in [0.25, 0.3) is 0 Å². The van der Waals surface area contributed by atoms with Crippen molar-refractivity contribution in [1.82, 2.24) is 4.90 Å². The molecule has 0 bridgehead atoms. The van der Waals surface area contributed by atoms with Crippen molar-refractivity contribution in [3.05, 3.63) is 29.8 Å². The lowest BCUT2D eigenvalue weighted by Gasteiger charge is -2.29. The molecule has 1 aromatic carbocycles.